The van der Waals surface area contributed by atoms with Crippen molar-refractivity contribution in [2.75, 3.05) is 13.2 Å². The highest BCUT2D eigenvalue weighted by Crippen LogP contribution is 2.62. The Morgan fingerprint density at radius 3 is 2.32 bits per heavy atom. The standard InChI is InChI=1S/C12H19O5P.H2O/c1-4-16-18(14,17-5-2)12(9-10(3)13)11-7-6-8-15-11;/h6-8,12H,4-5,9H2,1-3H3;1H2. The van der Waals surface area contributed by atoms with Crippen LogP contribution in [-0.4, -0.2) is 24.5 Å². The van der Waals surface area contributed by atoms with E-state index in [-0.39, 0.29) is 30.9 Å². The van der Waals surface area contributed by atoms with Crippen LogP contribution in [0.4, 0.5) is 0 Å². The molecule has 0 aliphatic heterocycles. The minimum absolute atomic E-state index is 0. The first-order chi connectivity index (χ1) is 8.53. The van der Waals surface area contributed by atoms with Gasteiger partial charge in [0.25, 0.3) is 0 Å². The molecule has 0 aliphatic rings. The molecule has 0 fully saturated rings. The summed E-state index contributed by atoms with van der Waals surface area (Å²) in [6.07, 6.45) is 1.55. The Hall–Kier alpha value is -0.940. The maximum atomic E-state index is 12.7. The van der Waals surface area contributed by atoms with Gasteiger partial charge in [0.15, 0.2) is 0 Å². The summed E-state index contributed by atoms with van der Waals surface area (Å²) in [5, 5.41) is 0. The van der Waals surface area contributed by atoms with Crippen LogP contribution in [-0.2, 0) is 18.4 Å². The fourth-order valence-corrected chi connectivity index (χ4v) is 3.79. The summed E-state index contributed by atoms with van der Waals surface area (Å²) in [5.74, 6) is 0.367. The molecule has 1 atom stereocenters. The zero-order chi connectivity index (χ0) is 13.6. The lowest BCUT2D eigenvalue weighted by Crippen LogP contribution is -2.09. The molecule has 1 rings (SSSR count). The number of hydrogen-bond acceptors (Lipinski definition) is 5. The van der Waals surface area contributed by atoms with Crippen molar-refractivity contribution in [3.8, 4) is 0 Å². The third-order valence-corrected chi connectivity index (χ3v) is 4.79. The summed E-state index contributed by atoms with van der Waals surface area (Å²) in [4.78, 5) is 11.3. The van der Waals surface area contributed by atoms with Crippen molar-refractivity contribution in [1.82, 2.24) is 0 Å². The monoisotopic (exact) mass is 292 g/mol. The van der Waals surface area contributed by atoms with Crippen molar-refractivity contribution in [1.29, 1.82) is 0 Å². The van der Waals surface area contributed by atoms with Crippen LogP contribution in [0.15, 0.2) is 22.8 Å². The van der Waals surface area contributed by atoms with E-state index in [1.807, 2.05) is 0 Å². The minimum atomic E-state index is -3.39. The largest absolute Gasteiger partial charge is 0.468 e. The van der Waals surface area contributed by atoms with E-state index in [1.54, 1.807) is 26.0 Å². The first-order valence-electron chi connectivity index (χ1n) is 5.95. The summed E-state index contributed by atoms with van der Waals surface area (Å²) >= 11 is 0. The van der Waals surface area contributed by atoms with Crippen molar-refractivity contribution >= 4 is 13.4 Å². The van der Waals surface area contributed by atoms with Gasteiger partial charge in [-0.1, -0.05) is 0 Å². The zero-order valence-electron chi connectivity index (χ0n) is 11.4. The Morgan fingerprint density at radius 1 is 1.37 bits per heavy atom. The van der Waals surface area contributed by atoms with Crippen molar-refractivity contribution in [3.05, 3.63) is 24.2 Å². The molecule has 0 amide bonds. The Kier molecular flexibility index (Phi) is 7.87. The van der Waals surface area contributed by atoms with E-state index in [4.69, 9.17) is 13.5 Å². The molecule has 0 aromatic carbocycles. The third-order valence-electron chi connectivity index (χ3n) is 2.35. The SMILES string of the molecule is CCOP(=O)(OCC)C(CC(C)=O)c1ccco1.O. The average Bonchev–Trinajstić information content (AvgIpc) is 2.79. The van der Waals surface area contributed by atoms with Crippen LogP contribution in [0, 0.1) is 0 Å². The van der Waals surface area contributed by atoms with Gasteiger partial charge in [0.2, 0.25) is 0 Å². The molecule has 1 heterocycles. The molecule has 2 N–H and O–H groups in total. The van der Waals surface area contributed by atoms with E-state index in [9.17, 15) is 9.36 Å². The molecular weight excluding hydrogens is 271 g/mol. The second kappa shape index (κ2) is 8.27. The lowest BCUT2D eigenvalue weighted by atomic mass is 10.2. The topological polar surface area (TPSA) is 97.2 Å². The molecule has 1 unspecified atom stereocenters. The van der Waals surface area contributed by atoms with Gasteiger partial charge in [-0.3, -0.25) is 9.36 Å². The molecule has 0 bridgehead atoms. The minimum Gasteiger partial charge on any atom is -0.468 e. The molecule has 0 saturated carbocycles. The number of Topliss-reactive ketones (excluding diaryl/α,β-unsaturated/α-hetero) is 1. The molecule has 0 spiro atoms. The molecule has 1 aromatic rings. The number of carbonyl (C=O) groups is 1. The van der Waals surface area contributed by atoms with Crippen molar-refractivity contribution in [3.63, 3.8) is 0 Å². The van der Waals surface area contributed by atoms with Crippen LogP contribution >= 0.6 is 7.60 Å². The van der Waals surface area contributed by atoms with E-state index >= 15 is 0 Å². The predicted molar refractivity (Wildman–Crippen MR) is 71.2 cm³/mol. The summed E-state index contributed by atoms with van der Waals surface area (Å²) in [6, 6.07) is 3.36. The molecule has 0 radical (unpaired) electrons. The second-order valence-corrected chi connectivity index (χ2v) is 6.03. The first-order valence-corrected chi connectivity index (χ1v) is 7.56. The predicted octanol–water partition coefficient (Wildman–Crippen LogP) is 2.74. The summed E-state index contributed by atoms with van der Waals surface area (Å²) in [5.41, 5.74) is -0.676. The van der Waals surface area contributed by atoms with Crippen LogP contribution in [0.1, 0.15) is 38.6 Å². The van der Waals surface area contributed by atoms with Crippen molar-refractivity contribution in [2.24, 2.45) is 0 Å². The van der Waals surface area contributed by atoms with Crippen molar-refractivity contribution in [2.45, 2.75) is 32.9 Å². The van der Waals surface area contributed by atoms with Crippen LogP contribution in [0.5, 0.6) is 0 Å². The third kappa shape index (κ3) is 4.91. The van der Waals surface area contributed by atoms with Crippen LogP contribution in [0.2, 0.25) is 0 Å². The van der Waals surface area contributed by atoms with E-state index < -0.39 is 13.3 Å². The molecule has 1 aromatic heterocycles. The normalized spacial score (nSPS) is 12.8. The second-order valence-electron chi connectivity index (χ2n) is 3.81. The Labute approximate surface area is 112 Å². The van der Waals surface area contributed by atoms with Gasteiger partial charge in [-0.15, -0.1) is 0 Å². The van der Waals surface area contributed by atoms with E-state index in [1.165, 1.54) is 13.2 Å². The Morgan fingerprint density at radius 2 is 1.95 bits per heavy atom. The summed E-state index contributed by atoms with van der Waals surface area (Å²) in [7, 11) is -3.39. The van der Waals surface area contributed by atoms with E-state index in [0.717, 1.165) is 0 Å². The molecule has 110 valence electrons. The van der Waals surface area contributed by atoms with Gasteiger partial charge >= 0.3 is 7.60 Å². The number of furan rings is 1. The molecule has 19 heavy (non-hydrogen) atoms. The van der Waals surface area contributed by atoms with Gasteiger partial charge in [-0.2, -0.15) is 0 Å². The van der Waals surface area contributed by atoms with Gasteiger partial charge in [-0.25, -0.2) is 0 Å². The lowest BCUT2D eigenvalue weighted by Gasteiger charge is -2.24. The van der Waals surface area contributed by atoms with Crippen LogP contribution in [0.3, 0.4) is 0 Å². The number of ketones is 1. The number of carbonyl (C=O) groups excluding carboxylic acids is 1. The maximum absolute atomic E-state index is 12.7. The zero-order valence-corrected chi connectivity index (χ0v) is 12.3. The van der Waals surface area contributed by atoms with Gasteiger partial charge in [0.1, 0.15) is 17.2 Å². The average molecular weight is 292 g/mol. The lowest BCUT2D eigenvalue weighted by molar-refractivity contribution is -0.117. The summed E-state index contributed by atoms with van der Waals surface area (Å²) < 4.78 is 28.5. The van der Waals surface area contributed by atoms with Gasteiger partial charge in [0, 0.05) is 6.42 Å². The van der Waals surface area contributed by atoms with E-state index in [0.29, 0.717) is 5.76 Å². The maximum Gasteiger partial charge on any atom is 0.341 e. The smallest absolute Gasteiger partial charge is 0.341 e. The van der Waals surface area contributed by atoms with Gasteiger partial charge < -0.3 is 18.9 Å². The molecule has 0 aliphatic carbocycles. The number of rotatable bonds is 8. The molecule has 6 nitrogen and oxygen atoms in total. The number of hydrogen-bond donors (Lipinski definition) is 0. The quantitative estimate of drug-likeness (QED) is 0.686. The van der Waals surface area contributed by atoms with E-state index in [2.05, 4.69) is 0 Å². The highest BCUT2D eigenvalue weighted by Gasteiger charge is 2.39. The van der Waals surface area contributed by atoms with Crippen molar-refractivity contribution < 1.29 is 28.3 Å². The van der Waals surface area contributed by atoms with Crippen LogP contribution in [0.25, 0.3) is 0 Å². The van der Waals surface area contributed by atoms with Gasteiger partial charge in [-0.05, 0) is 32.9 Å². The summed E-state index contributed by atoms with van der Waals surface area (Å²) in [6.45, 7) is 5.42. The Balaban J connectivity index is 0.00000324. The first kappa shape index (κ1) is 18.1. The van der Waals surface area contributed by atoms with Crippen LogP contribution < -0.4 is 0 Å². The highest BCUT2D eigenvalue weighted by atomic mass is 31.2. The highest BCUT2D eigenvalue weighted by molar-refractivity contribution is 7.54. The fraction of sp³-hybridized carbons (Fsp3) is 0.583. The molecule has 7 heteroatoms. The Bertz CT molecular complexity index is 404. The fourth-order valence-electron chi connectivity index (χ4n) is 1.70. The molecule has 0 saturated heterocycles. The molecular formula is C12H21O6P. The van der Waals surface area contributed by atoms with Gasteiger partial charge in [0.05, 0.1) is 19.5 Å².